The Labute approximate surface area is 195 Å². The highest BCUT2D eigenvalue weighted by Gasteiger charge is 2.13. The Morgan fingerprint density at radius 2 is 1.97 bits per heavy atom. The molecule has 0 aliphatic rings. The van der Waals surface area contributed by atoms with Gasteiger partial charge in [0, 0.05) is 31.1 Å². The number of benzene rings is 2. The first-order valence-electron chi connectivity index (χ1n) is 10.4. The number of nitrogens with zero attached hydrogens (tertiary/aromatic N) is 3. The summed E-state index contributed by atoms with van der Waals surface area (Å²) in [6, 6.07) is 12.3. The molecule has 2 amide bonds. The molecule has 174 valence electrons. The fourth-order valence-electron chi connectivity index (χ4n) is 2.92. The third kappa shape index (κ3) is 6.64. The maximum absolute atomic E-state index is 12.4. The second-order valence-electron chi connectivity index (χ2n) is 7.17. The van der Waals surface area contributed by atoms with Crippen molar-refractivity contribution in [1.82, 2.24) is 15.4 Å². The summed E-state index contributed by atoms with van der Waals surface area (Å²) in [4.78, 5) is 29.2. The van der Waals surface area contributed by atoms with Crippen LogP contribution in [0.2, 0.25) is 0 Å². The molecule has 10 nitrogen and oxygen atoms in total. The van der Waals surface area contributed by atoms with Crippen molar-refractivity contribution in [3.05, 3.63) is 53.6 Å². The van der Waals surface area contributed by atoms with Crippen molar-refractivity contribution in [2.75, 3.05) is 25.5 Å². The Morgan fingerprint density at radius 1 is 1.21 bits per heavy atom. The van der Waals surface area contributed by atoms with Gasteiger partial charge in [0.15, 0.2) is 11.0 Å². The lowest BCUT2D eigenvalue weighted by molar-refractivity contribution is -0.116. The van der Waals surface area contributed by atoms with Crippen molar-refractivity contribution < 1.29 is 14.3 Å². The number of carbonyl (C=O) groups excluding carboxylic acids is 2. The van der Waals surface area contributed by atoms with Crippen LogP contribution in [0.1, 0.15) is 35.7 Å². The topological polar surface area (TPSA) is 148 Å². The molecule has 6 N–H and O–H groups in total. The zero-order valence-corrected chi connectivity index (χ0v) is 19.3. The molecule has 0 radical (unpaired) electrons. The highest BCUT2D eigenvalue weighted by molar-refractivity contribution is 7.22. The molecule has 0 fully saturated rings. The lowest BCUT2D eigenvalue weighted by Crippen LogP contribution is -2.28. The number of fused-ring (bicyclic) bond motifs is 1. The quantitative estimate of drug-likeness (QED) is 0.154. The average Bonchev–Trinajstić information content (AvgIpc) is 3.20. The average molecular weight is 470 g/mol. The first-order valence-corrected chi connectivity index (χ1v) is 11.2. The summed E-state index contributed by atoms with van der Waals surface area (Å²) < 4.78 is 6.64. The van der Waals surface area contributed by atoms with Gasteiger partial charge in [0.2, 0.25) is 5.91 Å². The number of ether oxygens (including phenoxy) is 1. The summed E-state index contributed by atoms with van der Waals surface area (Å²) in [7, 11) is 1.54. The first kappa shape index (κ1) is 24.0. The van der Waals surface area contributed by atoms with Gasteiger partial charge in [0.1, 0.15) is 5.75 Å². The van der Waals surface area contributed by atoms with Crippen LogP contribution >= 0.6 is 11.3 Å². The molecule has 0 unspecified atom stereocenters. The van der Waals surface area contributed by atoms with Crippen molar-refractivity contribution in [2.24, 2.45) is 16.7 Å². The van der Waals surface area contributed by atoms with Gasteiger partial charge in [-0.1, -0.05) is 36.5 Å². The molecule has 1 aromatic heterocycles. The van der Waals surface area contributed by atoms with Gasteiger partial charge in [-0.25, -0.2) is 15.9 Å². The molecule has 0 aliphatic heterocycles. The minimum Gasteiger partial charge on any atom is -0.492 e. The van der Waals surface area contributed by atoms with E-state index in [9.17, 15) is 9.59 Å². The second-order valence-corrected chi connectivity index (χ2v) is 8.16. The number of nitrogens with two attached hydrogens (primary N) is 2. The number of hydrazone groups is 1. The number of nitrogens with one attached hydrogen (secondary N) is 2. The predicted octanol–water partition coefficient (Wildman–Crippen LogP) is 2.27. The molecule has 0 spiro atoms. The minimum atomic E-state index is -0.323. The van der Waals surface area contributed by atoms with Crippen LogP contribution in [-0.2, 0) is 4.79 Å². The summed E-state index contributed by atoms with van der Waals surface area (Å²) in [5, 5.41) is 11.0. The van der Waals surface area contributed by atoms with E-state index in [0.717, 1.165) is 27.5 Å². The molecule has 0 bridgehead atoms. The van der Waals surface area contributed by atoms with Gasteiger partial charge in [0.05, 0.1) is 16.8 Å². The van der Waals surface area contributed by atoms with E-state index in [0.29, 0.717) is 22.9 Å². The number of amides is 2. The maximum Gasteiger partial charge on any atom is 0.251 e. The van der Waals surface area contributed by atoms with Gasteiger partial charge >= 0.3 is 0 Å². The van der Waals surface area contributed by atoms with Crippen molar-refractivity contribution in [2.45, 2.75) is 19.8 Å². The normalized spacial score (nSPS) is 11.3. The lowest BCUT2D eigenvalue weighted by atomic mass is 10.1. The van der Waals surface area contributed by atoms with E-state index in [-0.39, 0.29) is 30.6 Å². The summed E-state index contributed by atoms with van der Waals surface area (Å²) in [6.45, 7) is 2.82. The van der Waals surface area contributed by atoms with E-state index in [1.165, 1.54) is 11.3 Å². The summed E-state index contributed by atoms with van der Waals surface area (Å²) in [5.41, 5.74) is 7.60. The SMILES string of the molecule is CCCOc1cccc2nc(NC(=O)CCNC(=O)c3cccc(/C(N)=N/N(C)N)c3)sc12. The minimum absolute atomic E-state index is 0.0993. The highest BCUT2D eigenvalue weighted by Crippen LogP contribution is 2.33. The molecule has 33 heavy (non-hydrogen) atoms. The van der Waals surface area contributed by atoms with E-state index in [1.807, 2.05) is 25.1 Å². The maximum atomic E-state index is 12.4. The molecule has 0 saturated carbocycles. The molecule has 3 aromatic rings. The third-order valence-electron chi connectivity index (χ3n) is 4.41. The lowest BCUT2D eigenvalue weighted by Gasteiger charge is -2.09. The van der Waals surface area contributed by atoms with E-state index in [1.54, 1.807) is 31.3 Å². The number of rotatable bonds is 10. The highest BCUT2D eigenvalue weighted by atomic mass is 32.1. The van der Waals surface area contributed by atoms with Crippen LogP contribution in [0.5, 0.6) is 5.75 Å². The van der Waals surface area contributed by atoms with E-state index < -0.39 is 0 Å². The number of hydrazine groups is 1. The van der Waals surface area contributed by atoms with Crippen molar-refractivity contribution in [3.8, 4) is 5.75 Å². The largest absolute Gasteiger partial charge is 0.492 e. The van der Waals surface area contributed by atoms with Crippen LogP contribution in [0.25, 0.3) is 10.2 Å². The van der Waals surface area contributed by atoms with Crippen LogP contribution in [0, 0.1) is 0 Å². The van der Waals surface area contributed by atoms with Crippen molar-refractivity contribution in [1.29, 1.82) is 0 Å². The zero-order chi connectivity index (χ0) is 23.8. The molecule has 0 atom stereocenters. The Morgan fingerprint density at radius 3 is 2.73 bits per heavy atom. The van der Waals surface area contributed by atoms with Crippen LogP contribution in [0.15, 0.2) is 47.6 Å². The molecule has 11 heteroatoms. The van der Waals surface area contributed by atoms with E-state index in [2.05, 4.69) is 20.7 Å². The first-order chi connectivity index (χ1) is 15.9. The van der Waals surface area contributed by atoms with Crippen molar-refractivity contribution in [3.63, 3.8) is 0 Å². The predicted molar refractivity (Wildman–Crippen MR) is 130 cm³/mol. The molecule has 0 aliphatic carbocycles. The number of hydrogen-bond donors (Lipinski definition) is 4. The van der Waals surface area contributed by atoms with Crippen molar-refractivity contribution >= 4 is 44.3 Å². The van der Waals surface area contributed by atoms with E-state index in [4.69, 9.17) is 16.3 Å². The van der Waals surface area contributed by atoms with Crippen LogP contribution in [0.3, 0.4) is 0 Å². The molecular weight excluding hydrogens is 442 g/mol. The Balaban J connectivity index is 1.54. The Bertz CT molecular complexity index is 1160. The fourth-order valence-corrected chi connectivity index (χ4v) is 3.87. The van der Waals surface area contributed by atoms with Gasteiger partial charge in [-0.15, -0.1) is 5.10 Å². The number of carbonyl (C=O) groups is 2. The van der Waals surface area contributed by atoms with Gasteiger partial charge in [-0.2, -0.15) is 0 Å². The number of thiazole rings is 1. The molecule has 3 rings (SSSR count). The van der Waals surface area contributed by atoms with Gasteiger partial charge in [0.25, 0.3) is 5.91 Å². The molecule has 1 heterocycles. The standard InChI is InChI=1S/C22H27N7O3S/c1-3-12-32-17-9-5-8-16-19(17)33-22(26-16)27-18(30)10-11-25-21(31)15-7-4-6-14(13-15)20(23)28-29(2)24/h4-9,13H,3,10-12,24H2,1-2H3,(H2,23,28)(H,25,31)(H,26,27,30). The number of aromatic nitrogens is 1. The Hall–Kier alpha value is -3.70. The smallest absolute Gasteiger partial charge is 0.251 e. The number of amidine groups is 1. The summed E-state index contributed by atoms with van der Waals surface area (Å²) in [6.07, 6.45) is 1.00. The Kier molecular flexibility index (Phi) is 8.17. The number of anilines is 1. The number of hydrogen-bond acceptors (Lipinski definition) is 8. The monoisotopic (exact) mass is 469 g/mol. The third-order valence-corrected chi connectivity index (χ3v) is 5.41. The van der Waals surface area contributed by atoms with Crippen LogP contribution < -0.4 is 26.9 Å². The fraction of sp³-hybridized carbons (Fsp3) is 0.273. The van der Waals surface area contributed by atoms with Gasteiger partial charge in [-0.05, 0) is 30.7 Å². The zero-order valence-electron chi connectivity index (χ0n) is 18.5. The van der Waals surface area contributed by atoms with Crippen LogP contribution in [-0.4, -0.2) is 48.0 Å². The summed E-state index contributed by atoms with van der Waals surface area (Å²) in [5.74, 6) is 5.84. The second kappa shape index (κ2) is 11.2. The van der Waals surface area contributed by atoms with E-state index >= 15 is 0 Å². The van der Waals surface area contributed by atoms with Gasteiger partial charge < -0.3 is 21.1 Å². The van der Waals surface area contributed by atoms with Gasteiger partial charge in [-0.3, -0.25) is 9.59 Å². The molecular formula is C22H27N7O3S. The van der Waals surface area contributed by atoms with Crippen LogP contribution in [0.4, 0.5) is 5.13 Å². The molecule has 0 saturated heterocycles. The summed E-state index contributed by atoms with van der Waals surface area (Å²) >= 11 is 1.36. The molecule has 2 aromatic carbocycles.